The van der Waals surface area contributed by atoms with Crippen LogP contribution in [0.1, 0.15) is 40.5 Å². The molecule has 10 nitrogen and oxygen atoms in total. The standard InChI is InChI=1S/C34H29N5O5S/c35-20-24-9-4-10-27(19-24)37-33-39(21-28-11-6-18-43-28)32(41)30(45-33)25-13-15-26(16-14-25)36-31(40)29-12-5-17-38(29)34(42)44-22-23-7-2-1-3-8-23/h1-4,6-11,13-16,18-19,29-30H,5,12,17,21-22H2,(H,36,40)/t29-,30?/m0/s1. The quantitative estimate of drug-likeness (QED) is 0.242. The zero-order valence-corrected chi connectivity index (χ0v) is 25.0. The van der Waals surface area contributed by atoms with E-state index >= 15 is 0 Å². The summed E-state index contributed by atoms with van der Waals surface area (Å²) in [6, 6.07) is 28.4. The molecular weight excluding hydrogens is 590 g/mol. The predicted molar refractivity (Wildman–Crippen MR) is 169 cm³/mol. The van der Waals surface area contributed by atoms with Crippen molar-refractivity contribution in [1.29, 1.82) is 5.26 Å². The minimum Gasteiger partial charge on any atom is -0.467 e. The second-order valence-electron chi connectivity index (χ2n) is 10.6. The number of benzene rings is 3. The Morgan fingerprint density at radius 3 is 2.62 bits per heavy atom. The van der Waals surface area contributed by atoms with Crippen molar-refractivity contribution in [3.8, 4) is 6.07 Å². The van der Waals surface area contributed by atoms with Crippen molar-refractivity contribution in [2.24, 2.45) is 4.99 Å². The number of nitriles is 1. The Morgan fingerprint density at radius 2 is 1.87 bits per heavy atom. The van der Waals surface area contributed by atoms with Crippen molar-refractivity contribution in [3.05, 3.63) is 120 Å². The van der Waals surface area contributed by atoms with Gasteiger partial charge >= 0.3 is 6.09 Å². The number of amides is 3. The fourth-order valence-electron chi connectivity index (χ4n) is 5.24. The highest BCUT2D eigenvalue weighted by Crippen LogP contribution is 2.41. The first-order valence-corrected chi connectivity index (χ1v) is 15.3. The third-order valence-corrected chi connectivity index (χ3v) is 8.75. The van der Waals surface area contributed by atoms with Gasteiger partial charge in [0.2, 0.25) is 11.8 Å². The number of carbonyl (C=O) groups excluding carboxylic acids is 3. The van der Waals surface area contributed by atoms with Crippen LogP contribution in [0, 0.1) is 11.3 Å². The Bertz CT molecular complexity index is 1750. The topological polar surface area (TPSA) is 128 Å². The van der Waals surface area contributed by atoms with E-state index in [1.165, 1.54) is 16.7 Å². The maximum Gasteiger partial charge on any atom is 0.410 e. The lowest BCUT2D eigenvalue weighted by Gasteiger charge is -2.23. The van der Waals surface area contributed by atoms with E-state index in [1.54, 1.807) is 71.8 Å². The number of aliphatic imine (C=N–C) groups is 1. The van der Waals surface area contributed by atoms with Crippen molar-refractivity contribution in [3.63, 3.8) is 0 Å². The average Bonchev–Trinajstić information content (AvgIpc) is 3.83. The van der Waals surface area contributed by atoms with Gasteiger partial charge in [0, 0.05) is 12.2 Å². The molecular formula is C34H29N5O5S. The minimum absolute atomic E-state index is 0.140. The number of carbonyl (C=O) groups is 3. The summed E-state index contributed by atoms with van der Waals surface area (Å²) in [5, 5.41) is 12.1. The molecule has 1 unspecified atom stereocenters. The lowest BCUT2D eigenvalue weighted by molar-refractivity contribution is -0.126. The third-order valence-electron chi connectivity index (χ3n) is 7.51. The smallest absolute Gasteiger partial charge is 0.410 e. The van der Waals surface area contributed by atoms with Crippen LogP contribution in [0.4, 0.5) is 16.2 Å². The zero-order valence-electron chi connectivity index (χ0n) is 24.2. The molecule has 1 N–H and O–H groups in total. The van der Waals surface area contributed by atoms with Crippen molar-refractivity contribution < 1.29 is 23.5 Å². The van der Waals surface area contributed by atoms with Gasteiger partial charge in [0.25, 0.3) is 0 Å². The normalized spacial score (nSPS) is 18.6. The van der Waals surface area contributed by atoms with Gasteiger partial charge in [0.05, 0.1) is 30.1 Å². The van der Waals surface area contributed by atoms with E-state index in [-0.39, 0.29) is 25.0 Å². The fourth-order valence-corrected chi connectivity index (χ4v) is 6.41. The van der Waals surface area contributed by atoms with E-state index in [9.17, 15) is 19.6 Å². The second-order valence-corrected chi connectivity index (χ2v) is 11.6. The van der Waals surface area contributed by atoms with Crippen LogP contribution in [0.5, 0.6) is 0 Å². The molecule has 6 rings (SSSR count). The van der Waals surface area contributed by atoms with Gasteiger partial charge in [0.15, 0.2) is 5.17 Å². The Morgan fingerprint density at radius 1 is 1.04 bits per heavy atom. The van der Waals surface area contributed by atoms with E-state index in [1.807, 2.05) is 30.3 Å². The number of furan rings is 1. The highest BCUT2D eigenvalue weighted by Gasteiger charge is 2.40. The van der Waals surface area contributed by atoms with E-state index in [0.29, 0.717) is 47.3 Å². The molecule has 0 radical (unpaired) electrons. The van der Waals surface area contributed by atoms with Crippen LogP contribution in [0.25, 0.3) is 0 Å². The molecule has 226 valence electrons. The molecule has 0 aliphatic carbocycles. The molecule has 2 fully saturated rings. The largest absolute Gasteiger partial charge is 0.467 e. The number of thioether (sulfide) groups is 1. The highest BCUT2D eigenvalue weighted by atomic mass is 32.2. The Balaban J connectivity index is 1.13. The first-order chi connectivity index (χ1) is 22.0. The summed E-state index contributed by atoms with van der Waals surface area (Å²) in [7, 11) is 0. The van der Waals surface area contributed by atoms with Gasteiger partial charge < -0.3 is 14.5 Å². The zero-order chi connectivity index (χ0) is 31.2. The molecule has 1 aromatic heterocycles. The molecule has 2 saturated heterocycles. The number of anilines is 1. The third kappa shape index (κ3) is 6.92. The number of hydrogen-bond donors (Lipinski definition) is 1. The fraction of sp³-hybridized carbons (Fsp3) is 0.206. The van der Waals surface area contributed by atoms with Crippen LogP contribution in [-0.2, 0) is 27.5 Å². The molecule has 45 heavy (non-hydrogen) atoms. The molecule has 0 saturated carbocycles. The van der Waals surface area contributed by atoms with Crippen molar-refractivity contribution in [2.75, 3.05) is 11.9 Å². The van der Waals surface area contributed by atoms with Crippen LogP contribution in [0.3, 0.4) is 0 Å². The number of hydrogen-bond acceptors (Lipinski definition) is 8. The first-order valence-electron chi connectivity index (χ1n) is 14.5. The maximum atomic E-state index is 13.6. The van der Waals surface area contributed by atoms with Gasteiger partial charge in [-0.25, -0.2) is 9.79 Å². The molecule has 2 aliphatic heterocycles. The maximum absolute atomic E-state index is 13.6. The van der Waals surface area contributed by atoms with Gasteiger partial charge in [-0.15, -0.1) is 0 Å². The Hall–Kier alpha value is -5.34. The highest BCUT2D eigenvalue weighted by molar-refractivity contribution is 8.15. The summed E-state index contributed by atoms with van der Waals surface area (Å²) in [5.41, 5.74) is 3.22. The predicted octanol–water partition coefficient (Wildman–Crippen LogP) is 6.40. The molecule has 0 bridgehead atoms. The van der Waals surface area contributed by atoms with Gasteiger partial charge in [-0.3, -0.25) is 19.4 Å². The Labute approximate surface area is 264 Å². The Kier molecular flexibility index (Phi) is 8.94. The van der Waals surface area contributed by atoms with Gasteiger partial charge in [-0.2, -0.15) is 5.26 Å². The van der Waals surface area contributed by atoms with Crippen molar-refractivity contribution >= 4 is 46.2 Å². The second kappa shape index (κ2) is 13.5. The number of rotatable bonds is 8. The number of ether oxygens (including phenoxy) is 1. The number of nitrogens with one attached hydrogen (secondary N) is 1. The minimum atomic E-state index is -0.631. The summed E-state index contributed by atoms with van der Waals surface area (Å²) < 4.78 is 11.0. The molecule has 0 spiro atoms. The number of amidine groups is 1. The van der Waals surface area contributed by atoms with Crippen LogP contribution >= 0.6 is 11.8 Å². The average molecular weight is 620 g/mol. The summed E-state index contributed by atoms with van der Waals surface area (Å²) in [6.45, 7) is 0.804. The molecule has 11 heteroatoms. The van der Waals surface area contributed by atoms with Crippen molar-refractivity contribution in [1.82, 2.24) is 9.80 Å². The molecule has 2 atom stereocenters. The number of likely N-dealkylation sites (tertiary alicyclic amines) is 1. The van der Waals surface area contributed by atoms with Crippen molar-refractivity contribution in [2.45, 2.75) is 37.3 Å². The van der Waals surface area contributed by atoms with Crippen LogP contribution in [0.15, 0.2) is 107 Å². The monoisotopic (exact) mass is 619 g/mol. The lowest BCUT2D eigenvalue weighted by atomic mass is 10.1. The summed E-state index contributed by atoms with van der Waals surface area (Å²) in [5.74, 6) is 0.173. The number of nitrogens with zero attached hydrogens (tertiary/aromatic N) is 4. The van der Waals surface area contributed by atoms with Gasteiger partial charge in [0.1, 0.15) is 23.7 Å². The SMILES string of the molecule is N#Cc1cccc(N=C2SC(c3ccc(NC(=O)[C@@H]4CCCN4C(=O)OCc4ccccc4)cc3)C(=O)N2Cc2ccco2)c1. The van der Waals surface area contributed by atoms with Gasteiger partial charge in [-0.1, -0.05) is 60.3 Å². The van der Waals surface area contributed by atoms with Gasteiger partial charge in [-0.05, 0) is 66.4 Å². The summed E-state index contributed by atoms with van der Waals surface area (Å²) in [4.78, 5) is 47.3. The van der Waals surface area contributed by atoms with Crippen LogP contribution < -0.4 is 5.32 Å². The summed E-state index contributed by atoms with van der Waals surface area (Å²) >= 11 is 1.31. The molecule has 2 aliphatic rings. The lowest BCUT2D eigenvalue weighted by Crippen LogP contribution is -2.43. The first kappa shape index (κ1) is 29.7. The molecule has 3 amide bonds. The summed E-state index contributed by atoms with van der Waals surface area (Å²) in [6.07, 6.45) is 2.29. The van der Waals surface area contributed by atoms with Crippen LogP contribution in [0.2, 0.25) is 0 Å². The van der Waals surface area contributed by atoms with E-state index < -0.39 is 17.4 Å². The van der Waals surface area contributed by atoms with E-state index in [0.717, 1.165) is 11.1 Å². The molecule has 3 aromatic carbocycles. The molecule has 3 heterocycles. The van der Waals surface area contributed by atoms with E-state index in [2.05, 4.69) is 11.4 Å². The van der Waals surface area contributed by atoms with Crippen LogP contribution in [-0.4, -0.2) is 45.5 Å². The van der Waals surface area contributed by atoms with E-state index in [4.69, 9.17) is 14.1 Å². The molecule has 4 aromatic rings.